The zero-order valence-electron chi connectivity index (χ0n) is 13.6. The molecule has 128 valence electrons. The van der Waals surface area contributed by atoms with Gasteiger partial charge < -0.3 is 10.1 Å². The van der Waals surface area contributed by atoms with Crippen molar-refractivity contribution in [2.45, 2.75) is 50.4 Å². The van der Waals surface area contributed by atoms with E-state index in [1.54, 1.807) is 12.1 Å². The smallest absolute Gasteiger partial charge is 0.310 e. The fourth-order valence-electron chi connectivity index (χ4n) is 3.05. The van der Waals surface area contributed by atoms with E-state index in [1.807, 2.05) is 6.92 Å². The van der Waals surface area contributed by atoms with Gasteiger partial charge in [0.15, 0.2) is 5.75 Å². The van der Waals surface area contributed by atoms with Gasteiger partial charge in [-0.25, -0.2) is 0 Å². The number of hydrogen-bond donors (Lipinski definition) is 1. The average Bonchev–Trinajstić information content (AvgIpc) is 2.59. The fourth-order valence-corrected chi connectivity index (χ4v) is 4.40. The maximum atomic E-state index is 12.0. The third kappa shape index (κ3) is 4.75. The van der Waals surface area contributed by atoms with Crippen LogP contribution in [0.3, 0.4) is 0 Å². The first-order chi connectivity index (χ1) is 11.0. The van der Waals surface area contributed by atoms with E-state index >= 15 is 0 Å². The van der Waals surface area contributed by atoms with Crippen LogP contribution < -0.4 is 10.1 Å². The Kier molecular flexibility index (Phi) is 6.53. The van der Waals surface area contributed by atoms with Crippen LogP contribution in [0.1, 0.15) is 38.2 Å². The summed E-state index contributed by atoms with van der Waals surface area (Å²) in [5.41, 5.74) is 0.929. The number of nitro benzene ring substituents is 1. The van der Waals surface area contributed by atoms with Crippen LogP contribution in [0.15, 0.2) is 18.2 Å². The van der Waals surface area contributed by atoms with E-state index in [4.69, 9.17) is 4.74 Å². The summed E-state index contributed by atoms with van der Waals surface area (Å²) in [4.78, 5) is 10.5. The number of benzene rings is 1. The van der Waals surface area contributed by atoms with Gasteiger partial charge in [0, 0.05) is 40.5 Å². The van der Waals surface area contributed by atoms with Gasteiger partial charge in [0.1, 0.15) is 0 Å². The van der Waals surface area contributed by atoms with Crippen LogP contribution in [0, 0.1) is 10.1 Å². The molecular weight excluding hydrogens is 316 g/mol. The number of nitrogens with one attached hydrogen (secondary N) is 1. The third-order valence-corrected chi connectivity index (χ3v) is 6.06. The normalized spacial score (nSPS) is 22.5. The molecule has 1 aromatic rings. The molecule has 1 aliphatic carbocycles. The van der Waals surface area contributed by atoms with Crippen LogP contribution in [-0.4, -0.2) is 33.3 Å². The van der Waals surface area contributed by atoms with Crippen LogP contribution in [0.25, 0.3) is 0 Å². The van der Waals surface area contributed by atoms with Crippen molar-refractivity contribution in [1.29, 1.82) is 0 Å². The van der Waals surface area contributed by atoms with Crippen molar-refractivity contribution < 1.29 is 13.9 Å². The minimum absolute atomic E-state index is 0.0210. The Balaban J connectivity index is 1.95. The number of hydrogen-bond acceptors (Lipinski definition) is 5. The summed E-state index contributed by atoms with van der Waals surface area (Å²) in [6.07, 6.45) is 4.16. The topological polar surface area (TPSA) is 81.5 Å². The van der Waals surface area contributed by atoms with E-state index in [9.17, 15) is 14.3 Å². The van der Waals surface area contributed by atoms with Gasteiger partial charge in [0.05, 0.1) is 12.0 Å². The molecule has 0 aromatic heterocycles. The molecule has 23 heavy (non-hydrogen) atoms. The third-order valence-electron chi connectivity index (χ3n) is 4.32. The van der Waals surface area contributed by atoms with Gasteiger partial charge >= 0.3 is 5.69 Å². The second-order valence-electron chi connectivity index (χ2n) is 5.80. The van der Waals surface area contributed by atoms with Crippen molar-refractivity contribution >= 4 is 16.5 Å². The highest BCUT2D eigenvalue weighted by Gasteiger charge is 2.25. The zero-order chi connectivity index (χ0) is 16.8. The Morgan fingerprint density at radius 3 is 2.87 bits per heavy atom. The van der Waals surface area contributed by atoms with Gasteiger partial charge in [-0.3, -0.25) is 14.3 Å². The first-order valence-electron chi connectivity index (χ1n) is 7.97. The lowest BCUT2D eigenvalue weighted by Gasteiger charge is -2.29. The fraction of sp³-hybridized carbons (Fsp3) is 0.625. The molecule has 1 aromatic carbocycles. The lowest BCUT2D eigenvalue weighted by molar-refractivity contribution is -0.385. The number of nitro groups is 1. The second kappa shape index (κ2) is 8.40. The summed E-state index contributed by atoms with van der Waals surface area (Å²) in [5.74, 6) is 1.000. The van der Waals surface area contributed by atoms with Crippen LogP contribution in [-0.2, 0) is 17.3 Å². The van der Waals surface area contributed by atoms with Gasteiger partial charge in [0.2, 0.25) is 0 Å². The van der Waals surface area contributed by atoms with Crippen LogP contribution in [0.2, 0.25) is 0 Å². The molecule has 0 bridgehead atoms. The molecule has 0 amide bonds. The molecule has 6 nitrogen and oxygen atoms in total. The molecular formula is C16H24N2O4S. The number of nitrogens with zero attached hydrogens (tertiary/aromatic N) is 1. The van der Waals surface area contributed by atoms with Crippen molar-refractivity contribution in [2.24, 2.45) is 0 Å². The SMILES string of the molecule is CCS(=O)C1CCCC(NCc2ccc([N+](=O)[O-])c(OC)c2)C1. The summed E-state index contributed by atoms with van der Waals surface area (Å²) in [5, 5.41) is 14.7. The monoisotopic (exact) mass is 340 g/mol. The first-order valence-corrected chi connectivity index (χ1v) is 9.35. The van der Waals surface area contributed by atoms with Gasteiger partial charge in [-0.1, -0.05) is 19.4 Å². The number of rotatable bonds is 7. The summed E-state index contributed by atoms with van der Waals surface area (Å²) >= 11 is 0. The molecule has 1 saturated carbocycles. The Bertz CT molecular complexity index is 579. The highest BCUT2D eigenvalue weighted by atomic mass is 32.2. The highest BCUT2D eigenvalue weighted by molar-refractivity contribution is 7.85. The molecule has 3 atom stereocenters. The second-order valence-corrected chi connectivity index (χ2v) is 7.80. The average molecular weight is 340 g/mol. The summed E-state index contributed by atoms with van der Waals surface area (Å²) < 4.78 is 17.1. The van der Waals surface area contributed by atoms with E-state index in [2.05, 4.69) is 5.32 Å². The minimum Gasteiger partial charge on any atom is -0.490 e. The molecule has 0 heterocycles. The minimum atomic E-state index is -0.731. The van der Waals surface area contributed by atoms with E-state index in [0.717, 1.165) is 37.0 Å². The van der Waals surface area contributed by atoms with Gasteiger partial charge in [-0.15, -0.1) is 0 Å². The molecule has 2 rings (SSSR count). The van der Waals surface area contributed by atoms with E-state index in [-0.39, 0.29) is 16.7 Å². The molecule has 1 N–H and O–H groups in total. The highest BCUT2D eigenvalue weighted by Crippen LogP contribution is 2.28. The molecule has 1 aliphatic rings. The van der Waals surface area contributed by atoms with Crippen LogP contribution >= 0.6 is 0 Å². The standard InChI is InChI=1S/C16H24N2O4S/c1-3-23(21)14-6-4-5-13(10-14)17-11-12-7-8-15(18(19)20)16(9-12)22-2/h7-9,13-14,17H,3-6,10-11H2,1-2H3. The molecule has 0 aliphatic heterocycles. The van der Waals surface area contributed by atoms with Crippen molar-refractivity contribution in [2.75, 3.05) is 12.9 Å². The number of ether oxygens (including phenoxy) is 1. The molecule has 1 fully saturated rings. The Labute approximate surface area is 139 Å². The number of methoxy groups -OCH3 is 1. The Hall–Kier alpha value is -1.47. The maximum absolute atomic E-state index is 12.0. The maximum Gasteiger partial charge on any atom is 0.310 e. The molecule has 3 unspecified atom stereocenters. The van der Waals surface area contributed by atoms with Crippen molar-refractivity contribution in [3.8, 4) is 5.75 Å². The van der Waals surface area contributed by atoms with Crippen molar-refractivity contribution in [1.82, 2.24) is 5.32 Å². The predicted octanol–water partition coefficient (Wildman–Crippen LogP) is 2.77. The van der Waals surface area contributed by atoms with E-state index in [0.29, 0.717) is 12.6 Å². The molecule has 0 spiro atoms. The summed E-state index contributed by atoms with van der Waals surface area (Å²) in [6.45, 7) is 2.60. The van der Waals surface area contributed by atoms with E-state index < -0.39 is 15.7 Å². The van der Waals surface area contributed by atoms with Gasteiger partial charge in [-0.05, 0) is 30.9 Å². The zero-order valence-corrected chi connectivity index (χ0v) is 14.4. The predicted molar refractivity (Wildman–Crippen MR) is 91.2 cm³/mol. The van der Waals surface area contributed by atoms with Gasteiger partial charge in [-0.2, -0.15) is 0 Å². The van der Waals surface area contributed by atoms with Crippen molar-refractivity contribution in [3.63, 3.8) is 0 Å². The molecule has 7 heteroatoms. The van der Waals surface area contributed by atoms with Crippen molar-refractivity contribution in [3.05, 3.63) is 33.9 Å². The van der Waals surface area contributed by atoms with Gasteiger partial charge in [0.25, 0.3) is 0 Å². The van der Waals surface area contributed by atoms with Crippen LogP contribution in [0.5, 0.6) is 5.75 Å². The Morgan fingerprint density at radius 1 is 1.43 bits per heavy atom. The summed E-state index contributed by atoms with van der Waals surface area (Å²) in [6, 6.07) is 5.28. The largest absolute Gasteiger partial charge is 0.490 e. The summed E-state index contributed by atoms with van der Waals surface area (Å²) in [7, 11) is 0.705. The lowest BCUT2D eigenvalue weighted by atomic mass is 9.95. The van der Waals surface area contributed by atoms with E-state index in [1.165, 1.54) is 13.2 Å². The Morgan fingerprint density at radius 2 is 2.22 bits per heavy atom. The quantitative estimate of drug-likeness (QED) is 0.610. The first kappa shape index (κ1) is 17.9. The lowest BCUT2D eigenvalue weighted by Crippen LogP contribution is -2.37. The van der Waals surface area contributed by atoms with Crippen LogP contribution in [0.4, 0.5) is 5.69 Å². The molecule has 0 radical (unpaired) electrons. The molecule has 0 saturated heterocycles.